The molecule has 1 saturated carbocycles. The van der Waals surface area contributed by atoms with Gasteiger partial charge >= 0.3 is 6.18 Å². The van der Waals surface area contributed by atoms with E-state index in [0.29, 0.717) is 17.9 Å². The third-order valence-corrected chi connectivity index (χ3v) is 7.40. The minimum atomic E-state index is -4.64. The van der Waals surface area contributed by atoms with Crippen LogP contribution >= 0.6 is 0 Å². The van der Waals surface area contributed by atoms with E-state index in [2.05, 4.69) is 19.2 Å². The zero-order valence-electron chi connectivity index (χ0n) is 16.7. The quantitative estimate of drug-likeness (QED) is 0.718. The molecule has 164 valence electrons. The van der Waals surface area contributed by atoms with E-state index < -0.39 is 38.1 Å². The Labute approximate surface area is 173 Å². The molecule has 1 heterocycles. The average molecular weight is 443 g/mol. The molecule has 0 radical (unpaired) electrons. The van der Waals surface area contributed by atoms with Crippen molar-refractivity contribution in [3.05, 3.63) is 53.5 Å². The number of rotatable bonds is 5. The zero-order chi connectivity index (χ0) is 22.1. The predicted molar refractivity (Wildman–Crippen MR) is 104 cm³/mol. The van der Waals surface area contributed by atoms with Gasteiger partial charge in [0.15, 0.2) is 15.6 Å². The van der Waals surface area contributed by atoms with Gasteiger partial charge in [0.25, 0.3) is 5.91 Å². The van der Waals surface area contributed by atoms with Crippen LogP contribution in [0.1, 0.15) is 55.0 Å². The van der Waals surface area contributed by atoms with E-state index in [4.69, 9.17) is 4.42 Å². The highest BCUT2D eigenvalue weighted by atomic mass is 32.2. The minimum Gasteiger partial charge on any atom is -0.455 e. The Morgan fingerprint density at radius 2 is 1.90 bits per heavy atom. The first-order valence-electron chi connectivity index (χ1n) is 9.77. The van der Waals surface area contributed by atoms with Crippen molar-refractivity contribution in [3.63, 3.8) is 0 Å². The summed E-state index contributed by atoms with van der Waals surface area (Å²) >= 11 is 0. The number of alkyl halides is 3. The summed E-state index contributed by atoms with van der Waals surface area (Å²) in [6.07, 6.45) is -1.63. The molecule has 2 aromatic rings. The number of carbonyl (C=O) groups excluding carboxylic acids is 1. The lowest BCUT2D eigenvalue weighted by Gasteiger charge is -2.34. The largest absolute Gasteiger partial charge is 0.455 e. The molecule has 1 N–H and O–H groups in total. The highest BCUT2D eigenvalue weighted by Crippen LogP contribution is 2.32. The number of halogens is 3. The third-order valence-electron chi connectivity index (χ3n) is 5.76. The highest BCUT2D eigenvalue weighted by Gasteiger charge is 2.32. The Kier molecular flexibility index (Phi) is 6.31. The van der Waals surface area contributed by atoms with E-state index in [9.17, 15) is 26.4 Å². The van der Waals surface area contributed by atoms with Gasteiger partial charge in [-0.3, -0.25) is 4.79 Å². The molecule has 5 nitrogen and oxygen atoms in total. The van der Waals surface area contributed by atoms with Crippen LogP contribution in [0.15, 0.2) is 45.7 Å². The Hall–Kier alpha value is -2.29. The second-order valence-corrected chi connectivity index (χ2v) is 9.89. The van der Waals surface area contributed by atoms with Crippen molar-refractivity contribution >= 4 is 15.7 Å². The van der Waals surface area contributed by atoms with Gasteiger partial charge < -0.3 is 9.73 Å². The van der Waals surface area contributed by atoms with Crippen molar-refractivity contribution in [3.8, 4) is 0 Å². The monoisotopic (exact) mass is 443 g/mol. The second kappa shape index (κ2) is 8.45. The maximum atomic E-state index is 12.9. The molecule has 1 amide bonds. The van der Waals surface area contributed by atoms with E-state index >= 15 is 0 Å². The summed E-state index contributed by atoms with van der Waals surface area (Å²) in [5.41, 5.74) is -1.04. The van der Waals surface area contributed by atoms with Gasteiger partial charge in [-0.15, -0.1) is 0 Å². The molecule has 1 aliphatic carbocycles. The molecule has 3 rings (SSSR count). The van der Waals surface area contributed by atoms with Crippen LogP contribution in [0, 0.1) is 11.8 Å². The number of hydrogen-bond donors (Lipinski definition) is 1. The van der Waals surface area contributed by atoms with Crippen molar-refractivity contribution in [1.29, 1.82) is 0 Å². The third kappa shape index (κ3) is 5.06. The molecule has 0 unspecified atom stereocenters. The number of sulfone groups is 1. The molecular formula is C21H24F3NO4S. The van der Waals surface area contributed by atoms with Crippen LogP contribution in [-0.2, 0) is 21.8 Å². The Morgan fingerprint density at radius 3 is 2.60 bits per heavy atom. The van der Waals surface area contributed by atoms with Crippen LogP contribution in [0.2, 0.25) is 0 Å². The van der Waals surface area contributed by atoms with Crippen LogP contribution < -0.4 is 5.32 Å². The van der Waals surface area contributed by atoms with Crippen LogP contribution in [0.4, 0.5) is 13.2 Å². The summed E-state index contributed by atoms with van der Waals surface area (Å²) in [6, 6.07) is 6.30. The lowest BCUT2D eigenvalue weighted by molar-refractivity contribution is -0.137. The summed E-state index contributed by atoms with van der Waals surface area (Å²) in [6.45, 7) is 4.23. The topological polar surface area (TPSA) is 76.4 Å². The molecule has 0 saturated heterocycles. The molecular weight excluding hydrogens is 419 g/mol. The van der Waals surface area contributed by atoms with Gasteiger partial charge in [0.1, 0.15) is 11.5 Å². The summed E-state index contributed by atoms with van der Waals surface area (Å²) in [5, 5.41) is 2.94. The van der Waals surface area contributed by atoms with Crippen molar-refractivity contribution < 1.29 is 30.8 Å². The molecule has 30 heavy (non-hydrogen) atoms. The van der Waals surface area contributed by atoms with Gasteiger partial charge in [0, 0.05) is 6.04 Å². The molecule has 0 aliphatic heterocycles. The van der Waals surface area contributed by atoms with Crippen molar-refractivity contribution in [2.24, 2.45) is 11.8 Å². The maximum absolute atomic E-state index is 12.9. The fourth-order valence-corrected chi connectivity index (χ4v) is 5.03. The van der Waals surface area contributed by atoms with E-state index in [1.807, 2.05) is 0 Å². The number of carbonyl (C=O) groups is 1. The zero-order valence-corrected chi connectivity index (χ0v) is 17.5. The van der Waals surface area contributed by atoms with Gasteiger partial charge in [-0.05, 0) is 48.6 Å². The predicted octanol–water partition coefficient (Wildman–Crippen LogP) is 4.83. The van der Waals surface area contributed by atoms with Gasteiger partial charge in [0.2, 0.25) is 0 Å². The van der Waals surface area contributed by atoms with E-state index in [0.717, 1.165) is 37.5 Å². The first kappa shape index (κ1) is 22.4. The molecule has 1 aliphatic rings. The normalized spacial score (nSPS) is 22.6. The van der Waals surface area contributed by atoms with E-state index in [1.54, 1.807) is 0 Å². The van der Waals surface area contributed by atoms with Crippen molar-refractivity contribution in [2.45, 2.75) is 56.0 Å². The van der Waals surface area contributed by atoms with Crippen LogP contribution in [0.5, 0.6) is 0 Å². The fraction of sp³-hybridized carbons (Fsp3) is 0.476. The molecule has 0 spiro atoms. The Balaban J connectivity index is 1.71. The molecule has 1 aromatic heterocycles. The summed E-state index contributed by atoms with van der Waals surface area (Å²) in [7, 11) is -4.08. The number of nitrogens with one attached hydrogen (secondary N) is 1. The minimum absolute atomic E-state index is 0.0115. The van der Waals surface area contributed by atoms with Gasteiger partial charge in [0.05, 0.1) is 10.5 Å². The average Bonchev–Trinajstić information content (AvgIpc) is 3.13. The van der Waals surface area contributed by atoms with Crippen LogP contribution in [0.25, 0.3) is 0 Å². The van der Waals surface area contributed by atoms with Crippen LogP contribution in [0.3, 0.4) is 0 Å². The molecule has 3 atom stereocenters. The highest BCUT2D eigenvalue weighted by molar-refractivity contribution is 7.90. The fourth-order valence-electron chi connectivity index (χ4n) is 3.74. The van der Waals surface area contributed by atoms with Crippen molar-refractivity contribution in [1.82, 2.24) is 5.32 Å². The number of furan rings is 1. The molecule has 1 aromatic carbocycles. The first-order valence-corrected chi connectivity index (χ1v) is 11.4. The summed E-state index contributed by atoms with van der Waals surface area (Å²) in [5.74, 6) is -0.286. The molecule has 9 heteroatoms. The number of benzene rings is 1. The van der Waals surface area contributed by atoms with Gasteiger partial charge in [-0.2, -0.15) is 13.2 Å². The Bertz CT molecular complexity index is 1010. The summed E-state index contributed by atoms with van der Waals surface area (Å²) < 4.78 is 69.0. The lowest BCUT2D eigenvalue weighted by atomic mass is 9.78. The lowest BCUT2D eigenvalue weighted by Crippen LogP contribution is -2.43. The Morgan fingerprint density at radius 1 is 1.17 bits per heavy atom. The van der Waals surface area contributed by atoms with Gasteiger partial charge in [-0.1, -0.05) is 32.8 Å². The van der Waals surface area contributed by atoms with E-state index in [1.165, 1.54) is 12.1 Å². The van der Waals surface area contributed by atoms with E-state index in [-0.39, 0.29) is 17.6 Å². The molecule has 1 fully saturated rings. The molecule has 0 bridgehead atoms. The number of hydrogen-bond acceptors (Lipinski definition) is 4. The number of amides is 1. The SMILES string of the molecule is C[C@@H]1[C@H](C)CCC[C@@H]1NC(=O)c1ccc(CS(=O)(=O)c2cccc(C(F)(F)F)c2)o1. The first-order chi connectivity index (χ1) is 14.0. The van der Waals surface area contributed by atoms with Gasteiger partial charge in [-0.25, -0.2) is 8.42 Å². The van der Waals surface area contributed by atoms with Crippen molar-refractivity contribution in [2.75, 3.05) is 0 Å². The standard InChI is InChI=1S/C21H24F3NO4S/c1-13-5-3-8-18(14(13)2)25-20(26)19-10-9-16(29-19)12-30(27,28)17-7-4-6-15(11-17)21(22,23)24/h4,6-7,9-11,13-14,18H,3,5,8,12H2,1-2H3,(H,25,26)/t13-,14-,18+/m1/s1. The second-order valence-electron chi connectivity index (χ2n) is 7.90. The smallest absolute Gasteiger partial charge is 0.416 e. The van der Waals surface area contributed by atoms with Crippen LogP contribution in [-0.4, -0.2) is 20.4 Å². The maximum Gasteiger partial charge on any atom is 0.416 e. The summed E-state index contributed by atoms with van der Waals surface area (Å²) in [4.78, 5) is 12.0.